The highest BCUT2D eigenvalue weighted by Crippen LogP contribution is 1.94. The van der Waals surface area contributed by atoms with Crippen molar-refractivity contribution in [1.29, 1.82) is 0 Å². The van der Waals surface area contributed by atoms with Gasteiger partial charge in [-0.15, -0.1) is 0 Å². The smallest absolute Gasteiger partial charge is 0.317 e. The third-order valence-electron chi connectivity index (χ3n) is 2.52. The standard InChI is InChI=1S/C10H21N3O3/c1-16-8-9(14)2-3-11-4-6-13-7-5-12-10(13)15/h9,11,14H,2-8H2,1H3,(H,12,15). The van der Waals surface area contributed by atoms with Crippen LogP contribution in [0.1, 0.15) is 6.42 Å². The number of aliphatic hydroxyl groups is 1. The lowest BCUT2D eigenvalue weighted by molar-refractivity contribution is 0.0594. The van der Waals surface area contributed by atoms with Crippen LogP contribution >= 0.6 is 0 Å². The van der Waals surface area contributed by atoms with Crippen molar-refractivity contribution in [2.45, 2.75) is 12.5 Å². The number of carbonyl (C=O) groups excluding carboxylic acids is 1. The molecular weight excluding hydrogens is 210 g/mol. The molecule has 16 heavy (non-hydrogen) atoms. The van der Waals surface area contributed by atoms with E-state index in [1.54, 1.807) is 12.0 Å². The summed E-state index contributed by atoms with van der Waals surface area (Å²) >= 11 is 0. The SMILES string of the molecule is COCC(O)CCNCCN1CCNC1=O. The molecule has 0 spiro atoms. The van der Waals surface area contributed by atoms with Crippen LogP contribution in [0, 0.1) is 0 Å². The molecule has 3 N–H and O–H groups in total. The van der Waals surface area contributed by atoms with Gasteiger partial charge in [0.2, 0.25) is 0 Å². The second-order valence-corrected chi connectivity index (χ2v) is 3.87. The Labute approximate surface area is 95.9 Å². The van der Waals surface area contributed by atoms with E-state index in [1.165, 1.54) is 0 Å². The van der Waals surface area contributed by atoms with Crippen molar-refractivity contribution in [1.82, 2.24) is 15.5 Å². The first-order valence-electron chi connectivity index (χ1n) is 5.64. The molecule has 0 aromatic heterocycles. The van der Waals surface area contributed by atoms with Gasteiger partial charge in [0.1, 0.15) is 0 Å². The molecule has 94 valence electrons. The van der Waals surface area contributed by atoms with E-state index in [4.69, 9.17) is 4.74 Å². The Bertz CT molecular complexity index is 213. The lowest BCUT2D eigenvalue weighted by Gasteiger charge is -2.15. The van der Waals surface area contributed by atoms with Crippen LogP contribution in [0.2, 0.25) is 0 Å². The fraction of sp³-hybridized carbons (Fsp3) is 0.900. The fourth-order valence-corrected chi connectivity index (χ4v) is 1.61. The Hall–Kier alpha value is -0.850. The number of hydrogen-bond acceptors (Lipinski definition) is 4. The van der Waals surface area contributed by atoms with Crippen molar-refractivity contribution in [2.24, 2.45) is 0 Å². The molecule has 1 rings (SSSR count). The minimum absolute atomic E-state index is 0.0150. The Morgan fingerprint density at radius 3 is 3.06 bits per heavy atom. The monoisotopic (exact) mass is 231 g/mol. The van der Waals surface area contributed by atoms with Crippen molar-refractivity contribution in [3.05, 3.63) is 0 Å². The number of amides is 2. The van der Waals surface area contributed by atoms with Gasteiger partial charge in [0.05, 0.1) is 12.7 Å². The zero-order chi connectivity index (χ0) is 11.8. The summed E-state index contributed by atoms with van der Waals surface area (Å²) in [6.07, 6.45) is 0.257. The van der Waals surface area contributed by atoms with Crippen LogP contribution in [0.3, 0.4) is 0 Å². The first-order chi connectivity index (χ1) is 7.74. The number of hydrogen-bond donors (Lipinski definition) is 3. The summed E-state index contributed by atoms with van der Waals surface area (Å²) in [6, 6.07) is 0.0150. The second-order valence-electron chi connectivity index (χ2n) is 3.87. The Morgan fingerprint density at radius 1 is 1.62 bits per heavy atom. The van der Waals surface area contributed by atoms with Crippen LogP contribution in [-0.2, 0) is 4.74 Å². The molecule has 1 heterocycles. The summed E-state index contributed by atoms with van der Waals surface area (Å²) in [5.41, 5.74) is 0. The number of urea groups is 1. The number of aliphatic hydroxyl groups excluding tert-OH is 1. The van der Waals surface area contributed by atoms with Gasteiger partial charge in [0, 0.05) is 33.3 Å². The first kappa shape index (κ1) is 13.2. The molecule has 1 unspecified atom stereocenters. The van der Waals surface area contributed by atoms with Crippen molar-refractivity contribution < 1.29 is 14.6 Å². The van der Waals surface area contributed by atoms with E-state index in [0.717, 1.165) is 26.2 Å². The largest absolute Gasteiger partial charge is 0.391 e. The van der Waals surface area contributed by atoms with Crippen LogP contribution in [0.4, 0.5) is 4.79 Å². The van der Waals surface area contributed by atoms with Crippen LogP contribution in [-0.4, -0.2) is 68.6 Å². The van der Waals surface area contributed by atoms with E-state index in [-0.39, 0.29) is 6.03 Å². The van der Waals surface area contributed by atoms with Crippen molar-refractivity contribution in [3.8, 4) is 0 Å². The van der Waals surface area contributed by atoms with E-state index < -0.39 is 6.10 Å². The Balaban J connectivity index is 1.93. The average Bonchev–Trinajstić information content (AvgIpc) is 2.64. The molecule has 1 saturated heterocycles. The van der Waals surface area contributed by atoms with E-state index in [1.807, 2.05) is 0 Å². The highest BCUT2D eigenvalue weighted by molar-refractivity contribution is 5.76. The van der Waals surface area contributed by atoms with E-state index in [9.17, 15) is 9.90 Å². The highest BCUT2D eigenvalue weighted by Gasteiger charge is 2.17. The summed E-state index contributed by atoms with van der Waals surface area (Å²) in [6.45, 7) is 4.10. The maximum absolute atomic E-state index is 11.2. The van der Waals surface area contributed by atoms with Gasteiger partial charge in [-0.05, 0) is 13.0 Å². The number of nitrogens with one attached hydrogen (secondary N) is 2. The molecule has 2 amide bonds. The van der Waals surface area contributed by atoms with E-state index >= 15 is 0 Å². The zero-order valence-electron chi connectivity index (χ0n) is 9.74. The molecule has 0 aromatic rings. The van der Waals surface area contributed by atoms with Crippen molar-refractivity contribution in [3.63, 3.8) is 0 Å². The van der Waals surface area contributed by atoms with Crippen molar-refractivity contribution in [2.75, 3.05) is 46.4 Å². The minimum Gasteiger partial charge on any atom is -0.391 e. The molecule has 0 saturated carbocycles. The van der Waals surface area contributed by atoms with Crippen molar-refractivity contribution >= 4 is 6.03 Å². The molecule has 6 heteroatoms. The van der Waals surface area contributed by atoms with Crippen LogP contribution < -0.4 is 10.6 Å². The average molecular weight is 231 g/mol. The molecule has 1 aliphatic heterocycles. The van der Waals surface area contributed by atoms with Gasteiger partial charge in [-0.2, -0.15) is 0 Å². The van der Waals surface area contributed by atoms with Crippen LogP contribution in [0.25, 0.3) is 0 Å². The Kier molecular flexibility index (Phi) is 6.14. The zero-order valence-corrected chi connectivity index (χ0v) is 9.74. The third-order valence-corrected chi connectivity index (χ3v) is 2.52. The van der Waals surface area contributed by atoms with Gasteiger partial charge >= 0.3 is 6.03 Å². The summed E-state index contributed by atoms with van der Waals surface area (Å²) in [5.74, 6) is 0. The highest BCUT2D eigenvalue weighted by atomic mass is 16.5. The number of ether oxygens (including phenoxy) is 1. The van der Waals surface area contributed by atoms with Gasteiger partial charge in [-0.3, -0.25) is 0 Å². The second kappa shape index (κ2) is 7.43. The molecule has 1 fully saturated rings. The lowest BCUT2D eigenvalue weighted by atomic mass is 10.2. The summed E-state index contributed by atoms with van der Waals surface area (Å²) in [4.78, 5) is 12.9. The van der Waals surface area contributed by atoms with Gasteiger partial charge in [-0.1, -0.05) is 0 Å². The molecule has 0 aromatic carbocycles. The molecule has 1 atom stereocenters. The molecule has 1 aliphatic rings. The molecule has 0 aliphatic carbocycles. The van der Waals surface area contributed by atoms with Gasteiger partial charge in [0.25, 0.3) is 0 Å². The minimum atomic E-state index is -0.410. The predicted molar refractivity (Wildman–Crippen MR) is 60.3 cm³/mol. The predicted octanol–water partition coefficient (Wildman–Crippen LogP) is -1.00. The first-order valence-corrected chi connectivity index (χ1v) is 5.64. The number of carbonyl (C=O) groups is 1. The summed E-state index contributed by atoms with van der Waals surface area (Å²) in [7, 11) is 1.57. The topological polar surface area (TPSA) is 73.8 Å². The number of rotatable bonds is 8. The Morgan fingerprint density at radius 2 is 2.44 bits per heavy atom. The van der Waals surface area contributed by atoms with Gasteiger partial charge in [-0.25, -0.2) is 4.79 Å². The summed E-state index contributed by atoms with van der Waals surface area (Å²) < 4.78 is 4.82. The fourth-order valence-electron chi connectivity index (χ4n) is 1.61. The van der Waals surface area contributed by atoms with Gasteiger partial charge in [0.15, 0.2) is 0 Å². The summed E-state index contributed by atoms with van der Waals surface area (Å²) in [5, 5.41) is 15.3. The van der Waals surface area contributed by atoms with E-state index in [2.05, 4.69) is 10.6 Å². The molecule has 0 bridgehead atoms. The number of methoxy groups -OCH3 is 1. The molecule has 0 radical (unpaired) electrons. The maximum Gasteiger partial charge on any atom is 0.317 e. The molecule has 6 nitrogen and oxygen atoms in total. The van der Waals surface area contributed by atoms with Gasteiger partial charge < -0.3 is 25.4 Å². The molecular formula is C10H21N3O3. The maximum atomic E-state index is 11.2. The lowest BCUT2D eigenvalue weighted by Crippen LogP contribution is -2.35. The van der Waals surface area contributed by atoms with Crippen LogP contribution in [0.15, 0.2) is 0 Å². The van der Waals surface area contributed by atoms with Crippen LogP contribution in [0.5, 0.6) is 0 Å². The quantitative estimate of drug-likeness (QED) is 0.468. The normalized spacial score (nSPS) is 17.6. The number of nitrogens with zero attached hydrogens (tertiary/aromatic N) is 1. The van der Waals surface area contributed by atoms with E-state index in [0.29, 0.717) is 19.6 Å². The third kappa shape index (κ3) is 4.78.